The molecule has 1 aromatic carbocycles. The van der Waals surface area contributed by atoms with Crippen LogP contribution in [0.3, 0.4) is 0 Å². The number of thioether (sulfide) groups is 1. The Morgan fingerprint density at radius 1 is 1.39 bits per heavy atom. The molecule has 0 spiro atoms. The smallest absolute Gasteiger partial charge is 0.253 e. The molecule has 0 bridgehead atoms. The van der Waals surface area contributed by atoms with Gasteiger partial charge in [0.1, 0.15) is 5.82 Å². The van der Waals surface area contributed by atoms with Gasteiger partial charge in [-0.15, -0.1) is 0 Å². The summed E-state index contributed by atoms with van der Waals surface area (Å²) in [6.07, 6.45) is 1.79. The molecule has 6 nitrogen and oxygen atoms in total. The molecule has 0 aliphatic rings. The van der Waals surface area contributed by atoms with Crippen molar-refractivity contribution < 1.29 is 4.79 Å². The fourth-order valence-corrected chi connectivity index (χ4v) is 2.77. The third-order valence-electron chi connectivity index (χ3n) is 3.20. The maximum Gasteiger partial charge on any atom is 0.253 e. The van der Waals surface area contributed by atoms with Crippen molar-refractivity contribution in [2.45, 2.75) is 31.0 Å². The monoisotopic (exact) mass is 332 g/mol. The predicted molar refractivity (Wildman–Crippen MR) is 92.4 cm³/mol. The number of hydrogen-bond donors (Lipinski definition) is 3. The van der Waals surface area contributed by atoms with Gasteiger partial charge in [-0.1, -0.05) is 42.1 Å². The van der Waals surface area contributed by atoms with Crippen molar-refractivity contribution in [2.24, 2.45) is 0 Å². The molecule has 0 aliphatic carbocycles. The fraction of sp³-hybridized carbons (Fsp3) is 0.312. The summed E-state index contributed by atoms with van der Waals surface area (Å²) in [5, 5.41) is 3.29. The number of nitrogens with two attached hydrogens (primary N) is 1. The molecule has 0 aliphatic heterocycles. The van der Waals surface area contributed by atoms with Crippen LogP contribution in [0.15, 0.2) is 46.3 Å². The van der Waals surface area contributed by atoms with E-state index in [0.29, 0.717) is 5.16 Å². The van der Waals surface area contributed by atoms with Crippen molar-refractivity contribution in [2.75, 3.05) is 11.5 Å². The van der Waals surface area contributed by atoms with E-state index in [-0.39, 0.29) is 29.1 Å². The Balaban J connectivity index is 1.74. The highest BCUT2D eigenvalue weighted by Crippen LogP contribution is 2.11. The van der Waals surface area contributed by atoms with Gasteiger partial charge in [0.15, 0.2) is 5.16 Å². The topological polar surface area (TPSA) is 101 Å². The SMILES string of the molecule is C[C@@H](CCc1ccccc1)NC(=O)CSc1nc(N)cc(=O)[nH]1. The van der Waals surface area contributed by atoms with Crippen LogP contribution in [0.5, 0.6) is 0 Å². The summed E-state index contributed by atoms with van der Waals surface area (Å²) in [6.45, 7) is 1.98. The minimum atomic E-state index is -0.323. The lowest BCUT2D eigenvalue weighted by molar-refractivity contribution is -0.119. The van der Waals surface area contributed by atoms with Crippen LogP contribution < -0.4 is 16.6 Å². The first-order valence-corrected chi connectivity index (χ1v) is 8.34. The van der Waals surface area contributed by atoms with E-state index in [0.717, 1.165) is 24.6 Å². The van der Waals surface area contributed by atoms with Gasteiger partial charge in [-0.05, 0) is 25.3 Å². The van der Waals surface area contributed by atoms with E-state index < -0.39 is 0 Å². The lowest BCUT2D eigenvalue weighted by Crippen LogP contribution is -2.34. The van der Waals surface area contributed by atoms with E-state index in [1.807, 2.05) is 25.1 Å². The third-order valence-corrected chi connectivity index (χ3v) is 4.07. The molecule has 0 saturated heterocycles. The highest BCUT2D eigenvalue weighted by molar-refractivity contribution is 7.99. The molecule has 2 rings (SSSR count). The van der Waals surface area contributed by atoms with Gasteiger partial charge in [-0.2, -0.15) is 0 Å². The number of carbonyl (C=O) groups is 1. The average Bonchev–Trinajstić information content (AvgIpc) is 2.51. The first kappa shape index (κ1) is 17.1. The lowest BCUT2D eigenvalue weighted by atomic mass is 10.1. The minimum Gasteiger partial charge on any atom is -0.383 e. The Labute approximate surface area is 138 Å². The molecule has 0 fully saturated rings. The highest BCUT2D eigenvalue weighted by Gasteiger charge is 2.09. The second-order valence-electron chi connectivity index (χ2n) is 5.26. The van der Waals surface area contributed by atoms with Crippen molar-refractivity contribution in [3.05, 3.63) is 52.3 Å². The summed E-state index contributed by atoms with van der Waals surface area (Å²) in [6, 6.07) is 11.4. The lowest BCUT2D eigenvalue weighted by Gasteiger charge is -2.13. The van der Waals surface area contributed by atoms with Crippen LogP contribution in [0.25, 0.3) is 0 Å². The zero-order valence-corrected chi connectivity index (χ0v) is 13.7. The number of hydrogen-bond acceptors (Lipinski definition) is 5. The number of rotatable bonds is 7. The summed E-state index contributed by atoms with van der Waals surface area (Å²) in [4.78, 5) is 29.7. The minimum absolute atomic E-state index is 0.0798. The summed E-state index contributed by atoms with van der Waals surface area (Å²) >= 11 is 1.15. The van der Waals surface area contributed by atoms with Crippen LogP contribution in [0.1, 0.15) is 18.9 Å². The van der Waals surface area contributed by atoms with Gasteiger partial charge in [-0.25, -0.2) is 4.98 Å². The Bertz CT molecular complexity index is 703. The van der Waals surface area contributed by atoms with Gasteiger partial charge < -0.3 is 16.0 Å². The molecule has 23 heavy (non-hydrogen) atoms. The van der Waals surface area contributed by atoms with Crippen molar-refractivity contribution in [3.63, 3.8) is 0 Å². The Hall–Kier alpha value is -2.28. The first-order valence-electron chi connectivity index (χ1n) is 7.36. The number of aromatic nitrogens is 2. The molecule has 1 amide bonds. The quantitative estimate of drug-likeness (QED) is 0.528. The number of anilines is 1. The van der Waals surface area contributed by atoms with Gasteiger partial charge in [-0.3, -0.25) is 9.59 Å². The molecule has 1 atom stereocenters. The van der Waals surface area contributed by atoms with E-state index in [4.69, 9.17) is 5.73 Å². The molecule has 2 aromatic rings. The van der Waals surface area contributed by atoms with Crippen molar-refractivity contribution in [3.8, 4) is 0 Å². The maximum absolute atomic E-state index is 11.9. The second kappa shape index (κ2) is 8.38. The second-order valence-corrected chi connectivity index (χ2v) is 6.22. The molecule has 122 valence electrons. The van der Waals surface area contributed by atoms with Crippen LogP contribution in [-0.2, 0) is 11.2 Å². The summed E-state index contributed by atoms with van der Waals surface area (Å²) in [5.41, 5.74) is 6.43. The summed E-state index contributed by atoms with van der Waals surface area (Å²) in [7, 11) is 0. The third kappa shape index (κ3) is 6.15. The highest BCUT2D eigenvalue weighted by atomic mass is 32.2. The Morgan fingerprint density at radius 3 is 2.83 bits per heavy atom. The Morgan fingerprint density at radius 2 is 2.13 bits per heavy atom. The number of nitrogen functional groups attached to an aromatic ring is 1. The van der Waals surface area contributed by atoms with Crippen LogP contribution in [0.4, 0.5) is 5.82 Å². The molecule has 0 saturated carbocycles. The number of nitrogens with zero attached hydrogens (tertiary/aromatic N) is 1. The van der Waals surface area contributed by atoms with Crippen LogP contribution in [0.2, 0.25) is 0 Å². The zero-order chi connectivity index (χ0) is 16.7. The predicted octanol–water partition coefficient (Wildman–Crippen LogP) is 1.58. The Kier molecular flexibility index (Phi) is 6.22. The molecule has 0 unspecified atom stereocenters. The van der Waals surface area contributed by atoms with Crippen LogP contribution in [-0.4, -0.2) is 27.7 Å². The van der Waals surface area contributed by atoms with Gasteiger partial charge in [0.2, 0.25) is 5.91 Å². The summed E-state index contributed by atoms with van der Waals surface area (Å²) in [5.74, 6) is 0.232. The van der Waals surface area contributed by atoms with Crippen molar-refractivity contribution in [1.29, 1.82) is 0 Å². The fourth-order valence-electron chi connectivity index (χ4n) is 2.07. The molecular formula is C16H20N4O2S. The number of amides is 1. The zero-order valence-electron chi connectivity index (χ0n) is 12.9. The van der Waals surface area contributed by atoms with Crippen LogP contribution in [0, 0.1) is 0 Å². The van der Waals surface area contributed by atoms with Crippen molar-refractivity contribution in [1.82, 2.24) is 15.3 Å². The largest absolute Gasteiger partial charge is 0.383 e. The molecule has 1 heterocycles. The van der Waals surface area contributed by atoms with E-state index in [2.05, 4.69) is 27.4 Å². The molecule has 7 heteroatoms. The van der Waals surface area contributed by atoms with Gasteiger partial charge in [0, 0.05) is 12.1 Å². The molecule has 1 aromatic heterocycles. The van der Waals surface area contributed by atoms with E-state index >= 15 is 0 Å². The van der Waals surface area contributed by atoms with E-state index in [9.17, 15) is 9.59 Å². The maximum atomic E-state index is 11.9. The van der Waals surface area contributed by atoms with Crippen LogP contribution >= 0.6 is 11.8 Å². The van der Waals surface area contributed by atoms with Gasteiger partial charge in [0.05, 0.1) is 5.75 Å². The summed E-state index contributed by atoms with van der Waals surface area (Å²) < 4.78 is 0. The number of nitrogens with one attached hydrogen (secondary N) is 2. The molecule has 0 radical (unpaired) electrons. The number of carbonyl (C=O) groups excluding carboxylic acids is 1. The normalized spacial score (nSPS) is 11.9. The van der Waals surface area contributed by atoms with Gasteiger partial charge in [0.25, 0.3) is 5.56 Å². The average molecular weight is 332 g/mol. The molecule has 4 N–H and O–H groups in total. The standard InChI is InChI=1S/C16H20N4O2S/c1-11(7-8-12-5-3-2-4-6-12)18-15(22)10-23-16-19-13(17)9-14(21)20-16/h2-6,9,11H,7-8,10H2,1H3,(H,18,22)(H3,17,19,20,21)/t11-/m0/s1. The van der Waals surface area contributed by atoms with Gasteiger partial charge >= 0.3 is 0 Å². The van der Waals surface area contributed by atoms with Crippen molar-refractivity contribution >= 4 is 23.5 Å². The number of benzene rings is 1. The van der Waals surface area contributed by atoms with E-state index in [1.165, 1.54) is 11.6 Å². The van der Waals surface area contributed by atoms with E-state index in [1.54, 1.807) is 0 Å². The number of aromatic amines is 1. The molecular weight excluding hydrogens is 312 g/mol. The number of aryl methyl sites for hydroxylation is 1. The number of H-pyrrole nitrogens is 1. The first-order chi connectivity index (χ1) is 11.0.